The number of β-amino-alcohol motifs (C(OH)–C–C–N with tert-alkyl or cyclic N) is 1. The molecule has 0 bridgehead atoms. The zero-order valence-electron chi connectivity index (χ0n) is 21.5. The number of anilines is 2. The normalized spacial score (nSPS) is 18.5. The van der Waals surface area contributed by atoms with Crippen LogP contribution in [-0.2, 0) is 11.2 Å². The number of hydrogen-bond donors (Lipinski definition) is 1. The van der Waals surface area contributed by atoms with Gasteiger partial charge in [-0.25, -0.2) is 18.7 Å². The van der Waals surface area contributed by atoms with E-state index in [-0.39, 0.29) is 35.9 Å². The van der Waals surface area contributed by atoms with E-state index in [1.807, 2.05) is 4.90 Å². The number of piperidine rings is 1. The van der Waals surface area contributed by atoms with Crippen LogP contribution in [0, 0.1) is 11.6 Å². The Bertz CT molecular complexity index is 1540. The number of halogens is 2. The quantitative estimate of drug-likeness (QED) is 0.388. The fourth-order valence-corrected chi connectivity index (χ4v) is 5.51. The zero-order chi connectivity index (χ0) is 27.1. The maximum atomic E-state index is 15.3. The van der Waals surface area contributed by atoms with Crippen molar-refractivity contribution in [1.29, 1.82) is 0 Å². The van der Waals surface area contributed by atoms with E-state index in [1.165, 1.54) is 29.4 Å². The van der Waals surface area contributed by atoms with E-state index >= 15 is 8.78 Å². The first kappa shape index (κ1) is 25.3. The van der Waals surface area contributed by atoms with Gasteiger partial charge in [0.1, 0.15) is 23.8 Å². The van der Waals surface area contributed by atoms with Crippen LogP contribution in [0.1, 0.15) is 50.2 Å². The standard InChI is InChI=1S/C28H28F2N6O3/c1-2-3-23-33-27(34-39-23)16-8-10-35(11-9-16)28-25-20(29)6-5-19(26(25)31-15-32-28)17-4-7-22(21(30)12-17)36-14-18(37)13-24(36)38/h4-7,12,15-16,18,37H,2-3,8-11,13-14H2,1H3/t18-/m1/s1. The van der Waals surface area contributed by atoms with E-state index in [0.717, 1.165) is 31.5 Å². The average Bonchev–Trinajstić information content (AvgIpc) is 3.54. The van der Waals surface area contributed by atoms with Gasteiger partial charge in [0.2, 0.25) is 11.8 Å². The summed E-state index contributed by atoms with van der Waals surface area (Å²) in [5.74, 6) is 0.633. The van der Waals surface area contributed by atoms with Gasteiger partial charge < -0.3 is 19.4 Å². The highest BCUT2D eigenvalue weighted by Crippen LogP contribution is 2.37. The molecule has 0 unspecified atom stereocenters. The van der Waals surface area contributed by atoms with Gasteiger partial charge in [-0.05, 0) is 49.1 Å². The van der Waals surface area contributed by atoms with Crippen LogP contribution in [0.3, 0.4) is 0 Å². The first-order chi connectivity index (χ1) is 18.9. The third-order valence-electron chi connectivity index (χ3n) is 7.48. The lowest BCUT2D eigenvalue weighted by Crippen LogP contribution is -2.34. The van der Waals surface area contributed by atoms with E-state index in [1.54, 1.807) is 12.1 Å². The summed E-state index contributed by atoms with van der Waals surface area (Å²) < 4.78 is 35.8. The van der Waals surface area contributed by atoms with Crippen molar-refractivity contribution >= 4 is 28.3 Å². The Balaban J connectivity index is 1.28. The number of carbonyl (C=O) groups is 1. The highest BCUT2D eigenvalue weighted by atomic mass is 19.1. The van der Waals surface area contributed by atoms with Crippen LogP contribution in [0.15, 0.2) is 41.2 Å². The third kappa shape index (κ3) is 4.71. The molecular weight excluding hydrogens is 506 g/mol. The Morgan fingerprint density at radius 3 is 2.64 bits per heavy atom. The third-order valence-corrected chi connectivity index (χ3v) is 7.48. The monoisotopic (exact) mass is 534 g/mol. The molecule has 0 saturated carbocycles. The second-order valence-electron chi connectivity index (χ2n) is 10.1. The molecule has 2 aliphatic rings. The Morgan fingerprint density at radius 2 is 1.92 bits per heavy atom. The summed E-state index contributed by atoms with van der Waals surface area (Å²) in [6, 6.07) is 7.41. The van der Waals surface area contributed by atoms with Gasteiger partial charge in [0.05, 0.1) is 35.7 Å². The first-order valence-electron chi connectivity index (χ1n) is 13.2. The molecule has 1 N–H and O–H groups in total. The SMILES string of the molecule is CCCc1nc(C2CCN(c3ncnc4c(-c5ccc(N6C[C@H](O)CC6=O)c(F)c5)ccc(F)c34)CC2)no1. The molecule has 1 amide bonds. The predicted octanol–water partition coefficient (Wildman–Crippen LogP) is 4.39. The largest absolute Gasteiger partial charge is 0.391 e. The van der Waals surface area contributed by atoms with Gasteiger partial charge in [0, 0.05) is 31.0 Å². The summed E-state index contributed by atoms with van der Waals surface area (Å²) in [5.41, 5.74) is 1.54. The predicted molar refractivity (Wildman–Crippen MR) is 140 cm³/mol. The molecule has 0 radical (unpaired) electrons. The Kier molecular flexibility index (Phi) is 6.68. The van der Waals surface area contributed by atoms with Gasteiger partial charge in [0.15, 0.2) is 5.82 Å². The number of rotatable bonds is 6. The number of aryl methyl sites for hydroxylation is 1. The highest BCUT2D eigenvalue weighted by molar-refractivity contribution is 6.00. The van der Waals surface area contributed by atoms with Crippen LogP contribution in [-0.4, -0.2) is 56.9 Å². The molecule has 2 aliphatic heterocycles. The van der Waals surface area contributed by atoms with Crippen molar-refractivity contribution < 1.29 is 23.2 Å². The lowest BCUT2D eigenvalue weighted by atomic mass is 9.95. The minimum Gasteiger partial charge on any atom is -0.391 e. The summed E-state index contributed by atoms with van der Waals surface area (Å²) in [6.45, 7) is 3.38. The van der Waals surface area contributed by atoms with Crippen LogP contribution >= 0.6 is 0 Å². The van der Waals surface area contributed by atoms with Crippen molar-refractivity contribution in [3.8, 4) is 11.1 Å². The molecule has 0 aliphatic carbocycles. The van der Waals surface area contributed by atoms with Gasteiger partial charge in [-0.1, -0.05) is 18.1 Å². The van der Waals surface area contributed by atoms with Gasteiger partial charge in [-0.3, -0.25) is 4.79 Å². The summed E-state index contributed by atoms with van der Waals surface area (Å²) in [7, 11) is 0. The number of aliphatic hydroxyl groups is 1. The number of aromatic nitrogens is 4. The molecule has 2 fully saturated rings. The smallest absolute Gasteiger partial charge is 0.229 e. The van der Waals surface area contributed by atoms with Crippen molar-refractivity contribution in [2.24, 2.45) is 0 Å². The van der Waals surface area contributed by atoms with Crippen LogP contribution in [0.25, 0.3) is 22.0 Å². The van der Waals surface area contributed by atoms with E-state index < -0.39 is 17.7 Å². The molecule has 4 aromatic rings. The fraction of sp³-hybridized carbons (Fsp3) is 0.393. The van der Waals surface area contributed by atoms with Gasteiger partial charge in [0.25, 0.3) is 0 Å². The number of fused-ring (bicyclic) bond motifs is 1. The molecule has 1 atom stereocenters. The average molecular weight is 535 g/mol. The van der Waals surface area contributed by atoms with E-state index in [0.29, 0.717) is 41.4 Å². The van der Waals surface area contributed by atoms with E-state index in [4.69, 9.17) is 4.52 Å². The van der Waals surface area contributed by atoms with Crippen LogP contribution < -0.4 is 9.80 Å². The molecule has 2 aromatic heterocycles. The molecular formula is C28H28F2N6O3. The van der Waals surface area contributed by atoms with Crippen molar-refractivity contribution in [1.82, 2.24) is 20.1 Å². The number of amides is 1. The van der Waals surface area contributed by atoms with E-state index in [9.17, 15) is 9.90 Å². The molecule has 9 nitrogen and oxygen atoms in total. The van der Waals surface area contributed by atoms with Crippen LogP contribution in [0.5, 0.6) is 0 Å². The molecule has 11 heteroatoms. The Hall–Kier alpha value is -3.99. The lowest BCUT2D eigenvalue weighted by Gasteiger charge is -2.32. The van der Waals surface area contributed by atoms with Crippen molar-refractivity contribution in [2.45, 2.75) is 51.0 Å². The van der Waals surface area contributed by atoms with Gasteiger partial charge in [-0.2, -0.15) is 4.98 Å². The van der Waals surface area contributed by atoms with Gasteiger partial charge >= 0.3 is 0 Å². The van der Waals surface area contributed by atoms with Crippen molar-refractivity contribution in [3.05, 3.63) is 60.0 Å². The molecule has 2 aromatic carbocycles. The molecule has 39 heavy (non-hydrogen) atoms. The summed E-state index contributed by atoms with van der Waals surface area (Å²) in [6.07, 6.45) is 3.79. The maximum Gasteiger partial charge on any atom is 0.229 e. The fourth-order valence-electron chi connectivity index (χ4n) is 5.51. The number of aliphatic hydroxyl groups excluding tert-OH is 1. The summed E-state index contributed by atoms with van der Waals surface area (Å²) in [5, 5.41) is 14.2. The first-order valence-corrected chi connectivity index (χ1v) is 13.2. The minimum atomic E-state index is -0.816. The zero-order valence-corrected chi connectivity index (χ0v) is 21.5. The number of benzene rings is 2. The summed E-state index contributed by atoms with van der Waals surface area (Å²) >= 11 is 0. The van der Waals surface area contributed by atoms with Gasteiger partial charge in [-0.15, -0.1) is 0 Å². The number of hydrogen-bond acceptors (Lipinski definition) is 8. The molecule has 2 saturated heterocycles. The number of nitrogens with zero attached hydrogens (tertiary/aromatic N) is 6. The molecule has 4 heterocycles. The molecule has 202 valence electrons. The second kappa shape index (κ2) is 10.3. The Labute approximate surface area is 223 Å². The minimum absolute atomic E-state index is 0.0320. The maximum absolute atomic E-state index is 15.3. The molecule has 6 rings (SSSR count). The van der Waals surface area contributed by atoms with Crippen molar-refractivity contribution in [3.63, 3.8) is 0 Å². The van der Waals surface area contributed by atoms with Crippen LogP contribution in [0.4, 0.5) is 20.3 Å². The second-order valence-corrected chi connectivity index (χ2v) is 10.1. The molecule has 0 spiro atoms. The highest BCUT2D eigenvalue weighted by Gasteiger charge is 2.31. The van der Waals surface area contributed by atoms with Crippen LogP contribution in [0.2, 0.25) is 0 Å². The number of carbonyl (C=O) groups excluding carboxylic acids is 1. The summed E-state index contributed by atoms with van der Waals surface area (Å²) in [4.78, 5) is 28.8. The van der Waals surface area contributed by atoms with Crippen molar-refractivity contribution in [2.75, 3.05) is 29.4 Å². The topological polar surface area (TPSA) is 108 Å². The Morgan fingerprint density at radius 1 is 1.10 bits per heavy atom. The van der Waals surface area contributed by atoms with E-state index in [2.05, 4.69) is 27.0 Å². The lowest BCUT2D eigenvalue weighted by molar-refractivity contribution is -0.117.